The Bertz CT molecular complexity index is 1290. The average molecular weight is 472 g/mol. The van der Waals surface area contributed by atoms with Crippen LogP contribution >= 0.6 is 0 Å². The van der Waals surface area contributed by atoms with E-state index < -0.39 is 0 Å². The number of carbonyl (C=O) groups is 1. The molecule has 2 unspecified atom stereocenters. The maximum Gasteiger partial charge on any atom is 0.309 e. The van der Waals surface area contributed by atoms with Gasteiger partial charge in [-0.2, -0.15) is 0 Å². The average Bonchev–Trinajstić information content (AvgIpc) is 3.73. The van der Waals surface area contributed by atoms with Crippen LogP contribution in [0.5, 0.6) is 5.88 Å². The molecule has 5 heteroatoms. The van der Waals surface area contributed by atoms with E-state index in [-0.39, 0.29) is 23.6 Å². The number of halogens is 1. The lowest BCUT2D eigenvalue weighted by molar-refractivity contribution is -0.145. The summed E-state index contributed by atoms with van der Waals surface area (Å²) in [5.74, 6) is 0.588. The molecule has 1 fully saturated rings. The number of fused-ring (bicyclic) bond motifs is 1. The lowest BCUT2D eigenvalue weighted by Crippen LogP contribution is -2.22. The minimum absolute atomic E-state index is 0.153. The smallest absolute Gasteiger partial charge is 0.309 e. The van der Waals surface area contributed by atoms with Crippen LogP contribution in [0.15, 0.2) is 54.7 Å². The van der Waals surface area contributed by atoms with Gasteiger partial charge in [0, 0.05) is 17.8 Å². The number of methoxy groups -OCH3 is 2. The second-order valence-corrected chi connectivity index (χ2v) is 9.58. The fourth-order valence-electron chi connectivity index (χ4n) is 5.34. The van der Waals surface area contributed by atoms with E-state index >= 15 is 4.39 Å². The molecule has 1 heterocycles. The van der Waals surface area contributed by atoms with Crippen LogP contribution in [-0.2, 0) is 16.0 Å². The molecule has 2 aromatic carbocycles. The fourth-order valence-corrected chi connectivity index (χ4v) is 5.34. The summed E-state index contributed by atoms with van der Waals surface area (Å²) < 4.78 is 25.5. The van der Waals surface area contributed by atoms with E-state index in [1.807, 2.05) is 25.1 Å². The molecule has 2 aliphatic carbocycles. The Labute approximate surface area is 205 Å². The van der Waals surface area contributed by atoms with Crippen LogP contribution in [0.1, 0.15) is 54.4 Å². The highest BCUT2D eigenvalue weighted by atomic mass is 19.1. The number of nitrogens with zero attached hydrogens (tertiary/aromatic N) is 1. The van der Waals surface area contributed by atoms with Crippen LogP contribution < -0.4 is 4.74 Å². The predicted octanol–water partition coefficient (Wildman–Crippen LogP) is 6.69. The standard InChI is InChI=1S/C30H30FNO3/c1-18(30(33)35-3)29(20-6-7-20)24-9-5-19-4-8-23(14-25(19)15-24)26-11-10-21(16-27(26)31)22-12-13-32-28(17-22)34-2/h5,9-18,20,29H,4,6-8H2,1-3H3. The van der Waals surface area contributed by atoms with E-state index in [9.17, 15) is 4.79 Å². The van der Waals surface area contributed by atoms with Crippen molar-refractivity contribution >= 4 is 17.6 Å². The molecule has 180 valence electrons. The van der Waals surface area contributed by atoms with Crippen LogP contribution in [0.4, 0.5) is 4.39 Å². The Hall–Kier alpha value is -3.47. The largest absolute Gasteiger partial charge is 0.481 e. The van der Waals surface area contributed by atoms with Crippen molar-refractivity contribution in [3.8, 4) is 17.0 Å². The van der Waals surface area contributed by atoms with Gasteiger partial charge in [-0.1, -0.05) is 43.3 Å². The summed E-state index contributed by atoms with van der Waals surface area (Å²) in [6.07, 6.45) is 7.72. The van der Waals surface area contributed by atoms with Crippen molar-refractivity contribution in [3.05, 3.63) is 82.8 Å². The number of allylic oxidation sites excluding steroid dienone is 1. The zero-order valence-corrected chi connectivity index (χ0v) is 20.4. The number of hydrogen-bond donors (Lipinski definition) is 0. The van der Waals surface area contributed by atoms with Gasteiger partial charge in [0.1, 0.15) is 5.82 Å². The summed E-state index contributed by atoms with van der Waals surface area (Å²) in [5, 5.41) is 0. The molecule has 2 aliphatic rings. The summed E-state index contributed by atoms with van der Waals surface area (Å²) in [4.78, 5) is 16.4. The molecule has 0 bridgehead atoms. The number of ether oxygens (including phenoxy) is 2. The second-order valence-electron chi connectivity index (χ2n) is 9.58. The molecule has 1 saturated carbocycles. The Morgan fingerprint density at radius 1 is 1.03 bits per heavy atom. The maximum absolute atomic E-state index is 15.3. The van der Waals surface area contributed by atoms with Crippen molar-refractivity contribution in [1.29, 1.82) is 0 Å². The van der Waals surface area contributed by atoms with Crippen molar-refractivity contribution in [2.45, 2.75) is 38.5 Å². The van der Waals surface area contributed by atoms with Crippen LogP contribution in [0.3, 0.4) is 0 Å². The molecule has 35 heavy (non-hydrogen) atoms. The second kappa shape index (κ2) is 9.65. The molecular formula is C30H30FNO3. The van der Waals surface area contributed by atoms with Gasteiger partial charge in [0.2, 0.25) is 5.88 Å². The van der Waals surface area contributed by atoms with E-state index in [2.05, 4.69) is 29.3 Å². The van der Waals surface area contributed by atoms with Gasteiger partial charge in [0.25, 0.3) is 0 Å². The molecule has 4 nitrogen and oxygen atoms in total. The first-order chi connectivity index (χ1) is 17.0. The molecule has 1 aromatic heterocycles. The van der Waals surface area contributed by atoms with E-state index in [4.69, 9.17) is 9.47 Å². The Morgan fingerprint density at radius 3 is 2.54 bits per heavy atom. The van der Waals surface area contributed by atoms with Gasteiger partial charge in [-0.25, -0.2) is 9.37 Å². The molecule has 0 aliphatic heterocycles. The van der Waals surface area contributed by atoms with Crippen LogP contribution in [-0.4, -0.2) is 25.2 Å². The zero-order chi connectivity index (χ0) is 24.5. The Balaban J connectivity index is 1.46. The number of pyridine rings is 1. The van der Waals surface area contributed by atoms with Crippen LogP contribution in [0.25, 0.3) is 22.8 Å². The number of aromatic nitrogens is 1. The third-order valence-electron chi connectivity index (χ3n) is 7.38. The SMILES string of the molecule is COC(=O)C(C)C(c1ccc2c(c1)C=C(c1ccc(-c3ccnc(OC)c3)cc1F)CC2)C1CC1. The molecule has 2 atom stereocenters. The first-order valence-electron chi connectivity index (χ1n) is 12.2. The van der Waals surface area contributed by atoms with Crippen molar-refractivity contribution < 1.29 is 18.7 Å². The monoisotopic (exact) mass is 471 g/mol. The third-order valence-corrected chi connectivity index (χ3v) is 7.38. The lowest BCUT2D eigenvalue weighted by atomic mass is 9.80. The number of aryl methyl sites for hydroxylation is 1. The minimum Gasteiger partial charge on any atom is -0.481 e. The van der Waals surface area contributed by atoms with Crippen molar-refractivity contribution in [1.82, 2.24) is 4.98 Å². The molecular weight excluding hydrogens is 441 g/mol. The molecule has 0 spiro atoms. The van der Waals surface area contributed by atoms with Gasteiger partial charge < -0.3 is 9.47 Å². The van der Waals surface area contributed by atoms with E-state index in [1.165, 1.54) is 18.2 Å². The number of rotatable bonds is 7. The van der Waals surface area contributed by atoms with Crippen LogP contribution in [0.2, 0.25) is 0 Å². The molecule has 0 saturated heterocycles. The summed E-state index contributed by atoms with van der Waals surface area (Å²) in [6.45, 7) is 1.96. The van der Waals surface area contributed by atoms with Crippen molar-refractivity contribution in [3.63, 3.8) is 0 Å². The Kier molecular flexibility index (Phi) is 6.42. The lowest BCUT2D eigenvalue weighted by Gasteiger charge is -2.25. The van der Waals surface area contributed by atoms with Gasteiger partial charge >= 0.3 is 5.97 Å². The molecule has 3 aromatic rings. The van der Waals surface area contributed by atoms with Gasteiger partial charge in [-0.05, 0) is 83.0 Å². The van der Waals surface area contributed by atoms with E-state index in [0.717, 1.165) is 47.9 Å². The maximum atomic E-state index is 15.3. The predicted molar refractivity (Wildman–Crippen MR) is 135 cm³/mol. The zero-order valence-electron chi connectivity index (χ0n) is 20.4. The highest BCUT2D eigenvalue weighted by Crippen LogP contribution is 2.47. The first-order valence-corrected chi connectivity index (χ1v) is 12.2. The quantitative estimate of drug-likeness (QED) is 0.360. The van der Waals surface area contributed by atoms with Gasteiger partial charge in [0.15, 0.2) is 0 Å². The van der Waals surface area contributed by atoms with Gasteiger partial charge in [0.05, 0.1) is 20.1 Å². The molecule has 5 rings (SSSR count). The van der Waals surface area contributed by atoms with Gasteiger partial charge in [-0.15, -0.1) is 0 Å². The van der Waals surface area contributed by atoms with Crippen molar-refractivity contribution in [2.75, 3.05) is 14.2 Å². The third kappa shape index (κ3) is 4.72. The summed E-state index contributed by atoms with van der Waals surface area (Å²) >= 11 is 0. The molecule has 0 amide bonds. The van der Waals surface area contributed by atoms with E-state index in [0.29, 0.717) is 17.4 Å². The van der Waals surface area contributed by atoms with Gasteiger partial charge in [-0.3, -0.25) is 4.79 Å². The molecule has 0 radical (unpaired) electrons. The Morgan fingerprint density at radius 2 is 1.83 bits per heavy atom. The number of hydrogen-bond acceptors (Lipinski definition) is 4. The summed E-state index contributed by atoms with van der Waals surface area (Å²) in [5.41, 5.74) is 6.83. The fraction of sp³-hybridized carbons (Fsp3) is 0.333. The molecule has 0 N–H and O–H groups in total. The summed E-state index contributed by atoms with van der Waals surface area (Å²) in [6, 6.07) is 15.6. The van der Waals surface area contributed by atoms with Crippen LogP contribution in [0, 0.1) is 17.7 Å². The normalized spacial score (nSPS) is 16.6. The number of esters is 1. The highest BCUT2D eigenvalue weighted by Gasteiger charge is 2.39. The number of carbonyl (C=O) groups excluding carboxylic acids is 1. The summed E-state index contributed by atoms with van der Waals surface area (Å²) in [7, 11) is 3.02. The minimum atomic E-state index is -0.237. The topological polar surface area (TPSA) is 48.4 Å². The number of benzene rings is 2. The van der Waals surface area contributed by atoms with Crippen molar-refractivity contribution in [2.24, 2.45) is 11.8 Å². The first kappa shape index (κ1) is 23.3. The van der Waals surface area contributed by atoms with E-state index in [1.54, 1.807) is 25.4 Å². The highest BCUT2D eigenvalue weighted by molar-refractivity contribution is 5.85.